The number of hydrogen-bond acceptors (Lipinski definition) is 5. The van der Waals surface area contributed by atoms with Gasteiger partial charge >= 0.3 is 0 Å². The van der Waals surface area contributed by atoms with Gasteiger partial charge in [0.25, 0.3) is 5.91 Å². The van der Waals surface area contributed by atoms with Crippen LogP contribution in [0.2, 0.25) is 0 Å². The van der Waals surface area contributed by atoms with E-state index in [1.165, 1.54) is 0 Å². The summed E-state index contributed by atoms with van der Waals surface area (Å²) in [6.07, 6.45) is 1.27. The number of nitrogens with one attached hydrogen (secondary N) is 2. The molecule has 0 aliphatic carbocycles. The Morgan fingerprint density at radius 3 is 2.80 bits per heavy atom. The van der Waals surface area contributed by atoms with Crippen LogP contribution in [0.3, 0.4) is 0 Å². The number of amides is 1. The average Bonchev–Trinajstić information content (AvgIpc) is 2.37. The Hall–Kier alpha value is -1.60. The van der Waals surface area contributed by atoms with E-state index >= 15 is 0 Å². The lowest BCUT2D eigenvalue weighted by Gasteiger charge is -2.23. The van der Waals surface area contributed by atoms with Gasteiger partial charge in [0.2, 0.25) is 0 Å². The molecule has 1 aromatic rings. The normalized spacial score (nSPS) is 21.2. The Kier molecular flexibility index (Phi) is 4.29. The van der Waals surface area contributed by atoms with Crippen molar-refractivity contribution < 1.29 is 13.2 Å². The summed E-state index contributed by atoms with van der Waals surface area (Å²) in [7, 11) is -3.04. The van der Waals surface area contributed by atoms with Gasteiger partial charge < -0.3 is 10.7 Å². The van der Waals surface area contributed by atoms with Crippen LogP contribution in [0.4, 0.5) is 5.69 Å². The van der Waals surface area contributed by atoms with Crippen LogP contribution in [0.1, 0.15) is 28.8 Å². The first-order valence-corrected chi connectivity index (χ1v) is 8.32. The molecule has 1 aromatic carbocycles. The number of rotatable bonds is 3. The van der Waals surface area contributed by atoms with E-state index in [-0.39, 0.29) is 23.5 Å². The van der Waals surface area contributed by atoms with Crippen molar-refractivity contribution in [3.8, 4) is 0 Å². The maximum atomic E-state index is 12.2. The molecule has 4 N–H and O–H groups in total. The van der Waals surface area contributed by atoms with Crippen LogP contribution in [-0.4, -0.2) is 31.9 Å². The molecule has 6 nitrogen and oxygen atoms in total. The molecular formula is C13H19N3O3S. The maximum Gasteiger partial charge on any atom is 0.253 e. The Bertz CT molecular complexity index is 613. The fourth-order valence-corrected chi connectivity index (χ4v) is 4.01. The Labute approximate surface area is 118 Å². The van der Waals surface area contributed by atoms with Crippen molar-refractivity contribution >= 4 is 21.4 Å². The number of nitrogen functional groups attached to an aromatic ring is 1. The molecule has 0 saturated carbocycles. The molecule has 0 bridgehead atoms. The van der Waals surface area contributed by atoms with E-state index in [1.54, 1.807) is 12.1 Å². The van der Waals surface area contributed by atoms with Crippen molar-refractivity contribution in [3.05, 3.63) is 29.3 Å². The number of benzene rings is 1. The highest BCUT2D eigenvalue weighted by Gasteiger charge is 2.26. The lowest BCUT2D eigenvalue weighted by Crippen LogP contribution is -2.43. The minimum Gasteiger partial charge on any atom is -0.348 e. The number of aryl methyl sites for hydroxylation is 1. The predicted octanol–water partition coefficient (Wildman–Crippen LogP) is 0.588. The summed E-state index contributed by atoms with van der Waals surface area (Å²) in [5, 5.41) is 2.77. The second-order valence-electron chi connectivity index (χ2n) is 5.12. The van der Waals surface area contributed by atoms with E-state index in [1.807, 2.05) is 13.0 Å². The minimum absolute atomic E-state index is 0.00991. The van der Waals surface area contributed by atoms with E-state index in [4.69, 9.17) is 5.84 Å². The molecule has 1 saturated heterocycles. The monoisotopic (exact) mass is 297 g/mol. The van der Waals surface area contributed by atoms with Crippen LogP contribution in [-0.2, 0) is 9.84 Å². The second kappa shape index (κ2) is 5.80. The molecule has 1 heterocycles. The van der Waals surface area contributed by atoms with Crippen LogP contribution in [0.5, 0.6) is 0 Å². The molecule has 0 spiro atoms. The van der Waals surface area contributed by atoms with Crippen molar-refractivity contribution in [1.29, 1.82) is 0 Å². The third-order valence-electron chi connectivity index (χ3n) is 3.37. The summed E-state index contributed by atoms with van der Waals surface area (Å²) in [5.41, 5.74) is 4.42. The van der Waals surface area contributed by atoms with Gasteiger partial charge in [-0.2, -0.15) is 0 Å². The summed E-state index contributed by atoms with van der Waals surface area (Å²) in [4.78, 5) is 12.2. The van der Waals surface area contributed by atoms with Crippen molar-refractivity contribution in [3.63, 3.8) is 0 Å². The zero-order valence-electron chi connectivity index (χ0n) is 11.3. The number of carbonyl (C=O) groups is 1. The minimum atomic E-state index is -3.04. The molecule has 7 heteroatoms. The van der Waals surface area contributed by atoms with Crippen molar-refractivity contribution in [2.75, 3.05) is 16.9 Å². The number of carbonyl (C=O) groups excluding carboxylic acids is 1. The van der Waals surface area contributed by atoms with Gasteiger partial charge in [-0.3, -0.25) is 10.6 Å². The number of hydrogen-bond donors (Lipinski definition) is 3. The Morgan fingerprint density at radius 2 is 2.15 bits per heavy atom. The molecular weight excluding hydrogens is 278 g/mol. The van der Waals surface area contributed by atoms with Gasteiger partial charge in [-0.25, -0.2) is 8.42 Å². The zero-order valence-corrected chi connectivity index (χ0v) is 12.2. The van der Waals surface area contributed by atoms with Crippen LogP contribution in [0.25, 0.3) is 0 Å². The number of sulfone groups is 1. The Balaban J connectivity index is 2.12. The van der Waals surface area contributed by atoms with E-state index in [0.29, 0.717) is 24.1 Å². The third-order valence-corrected chi connectivity index (χ3v) is 5.19. The molecule has 1 atom stereocenters. The first-order chi connectivity index (χ1) is 9.41. The van der Waals surface area contributed by atoms with E-state index in [9.17, 15) is 13.2 Å². The van der Waals surface area contributed by atoms with Crippen molar-refractivity contribution in [2.45, 2.75) is 25.8 Å². The summed E-state index contributed by atoms with van der Waals surface area (Å²) in [6, 6.07) is 4.94. The number of hydrazine groups is 1. The van der Waals surface area contributed by atoms with Gasteiger partial charge in [-0.05, 0) is 37.5 Å². The third kappa shape index (κ3) is 3.49. The van der Waals surface area contributed by atoms with E-state index in [0.717, 1.165) is 5.56 Å². The molecule has 2 rings (SSSR count). The SMILES string of the molecule is Cc1ccc(C(=O)NC2CCCS(=O)(=O)C2)c(NN)c1. The van der Waals surface area contributed by atoms with Gasteiger partial charge in [0.1, 0.15) is 0 Å². The molecule has 1 aliphatic rings. The van der Waals surface area contributed by atoms with Crippen LogP contribution in [0, 0.1) is 6.92 Å². The molecule has 0 aromatic heterocycles. The maximum absolute atomic E-state index is 12.2. The van der Waals surface area contributed by atoms with Gasteiger partial charge in [0.05, 0.1) is 22.8 Å². The molecule has 1 amide bonds. The molecule has 20 heavy (non-hydrogen) atoms. The predicted molar refractivity (Wildman–Crippen MR) is 78.1 cm³/mol. The summed E-state index contributed by atoms with van der Waals surface area (Å²) < 4.78 is 23.1. The topological polar surface area (TPSA) is 101 Å². The zero-order chi connectivity index (χ0) is 14.8. The lowest BCUT2D eigenvalue weighted by molar-refractivity contribution is 0.0939. The molecule has 1 unspecified atom stereocenters. The van der Waals surface area contributed by atoms with Gasteiger partial charge in [0.15, 0.2) is 9.84 Å². The van der Waals surface area contributed by atoms with Crippen molar-refractivity contribution in [1.82, 2.24) is 5.32 Å². The average molecular weight is 297 g/mol. The molecule has 1 aliphatic heterocycles. The van der Waals surface area contributed by atoms with Crippen LogP contribution in [0.15, 0.2) is 18.2 Å². The highest BCUT2D eigenvalue weighted by molar-refractivity contribution is 7.91. The summed E-state index contributed by atoms with van der Waals surface area (Å²) in [6.45, 7) is 1.90. The summed E-state index contributed by atoms with van der Waals surface area (Å²) >= 11 is 0. The Morgan fingerprint density at radius 1 is 1.40 bits per heavy atom. The van der Waals surface area contributed by atoms with Gasteiger partial charge in [-0.15, -0.1) is 0 Å². The molecule has 1 fully saturated rings. The van der Waals surface area contributed by atoms with Crippen molar-refractivity contribution in [2.24, 2.45) is 5.84 Å². The highest BCUT2D eigenvalue weighted by atomic mass is 32.2. The number of anilines is 1. The van der Waals surface area contributed by atoms with E-state index in [2.05, 4.69) is 10.7 Å². The first-order valence-electron chi connectivity index (χ1n) is 6.50. The standard InChI is InChI=1S/C13H19N3O3S/c1-9-4-5-11(12(7-9)16-14)13(17)15-10-3-2-6-20(18,19)8-10/h4-5,7,10,16H,2-3,6,8,14H2,1H3,(H,15,17). The second-order valence-corrected chi connectivity index (χ2v) is 7.35. The van der Waals surface area contributed by atoms with Crippen LogP contribution >= 0.6 is 0 Å². The fraction of sp³-hybridized carbons (Fsp3) is 0.462. The van der Waals surface area contributed by atoms with Crippen LogP contribution < -0.4 is 16.6 Å². The smallest absolute Gasteiger partial charge is 0.253 e. The molecule has 110 valence electrons. The van der Waals surface area contributed by atoms with Gasteiger partial charge in [0, 0.05) is 6.04 Å². The largest absolute Gasteiger partial charge is 0.348 e. The highest BCUT2D eigenvalue weighted by Crippen LogP contribution is 2.18. The van der Waals surface area contributed by atoms with Gasteiger partial charge in [-0.1, -0.05) is 6.07 Å². The molecule has 0 radical (unpaired) electrons. The lowest BCUT2D eigenvalue weighted by atomic mass is 10.1. The van der Waals surface area contributed by atoms with E-state index < -0.39 is 9.84 Å². The first kappa shape index (κ1) is 14.8. The number of nitrogens with two attached hydrogens (primary N) is 1. The fourth-order valence-electron chi connectivity index (χ4n) is 2.38. The quantitative estimate of drug-likeness (QED) is 0.560. The summed E-state index contributed by atoms with van der Waals surface area (Å²) in [5.74, 6) is 5.32.